The van der Waals surface area contributed by atoms with E-state index >= 15 is 0 Å². The Labute approximate surface area is 200 Å². The number of hydrogen-bond acceptors (Lipinski definition) is 4. The number of benzene rings is 3. The van der Waals surface area contributed by atoms with Gasteiger partial charge in [-0.05, 0) is 42.0 Å². The van der Waals surface area contributed by atoms with Gasteiger partial charge in [-0.15, -0.1) is 0 Å². The minimum Gasteiger partial charge on any atom is -0.480 e. The number of carboxylic acid groups (broad SMARTS) is 1. The molecule has 1 atom stereocenters. The number of halogens is 2. The number of aliphatic carboxylic acids is 1. The fourth-order valence-corrected chi connectivity index (χ4v) is 3.77. The number of rotatable bonds is 8. The third-order valence-electron chi connectivity index (χ3n) is 4.89. The Hall–Kier alpha value is -3.55. The number of nitrogens with one attached hydrogen (secondary N) is 3. The van der Waals surface area contributed by atoms with Crippen molar-refractivity contribution in [3.63, 3.8) is 0 Å². The van der Waals surface area contributed by atoms with Crippen LogP contribution in [0, 0.1) is 0 Å². The van der Waals surface area contributed by atoms with Gasteiger partial charge < -0.3 is 21.1 Å². The van der Waals surface area contributed by atoms with Gasteiger partial charge in [0, 0.05) is 24.8 Å². The summed E-state index contributed by atoms with van der Waals surface area (Å²) >= 11 is 12.1. The highest BCUT2D eigenvalue weighted by atomic mass is 35.5. The van der Waals surface area contributed by atoms with Crippen molar-refractivity contribution in [3.8, 4) is 0 Å². The molecule has 0 saturated carbocycles. The van der Waals surface area contributed by atoms with E-state index in [0.717, 1.165) is 0 Å². The molecule has 3 rings (SSSR count). The predicted molar refractivity (Wildman–Crippen MR) is 129 cm³/mol. The summed E-state index contributed by atoms with van der Waals surface area (Å²) in [6.07, 6.45) is 0.0629. The summed E-state index contributed by atoms with van der Waals surface area (Å²) in [5, 5.41) is 18.2. The van der Waals surface area contributed by atoms with Crippen LogP contribution in [0.25, 0.3) is 0 Å². The van der Waals surface area contributed by atoms with Crippen molar-refractivity contribution in [1.29, 1.82) is 0 Å². The van der Waals surface area contributed by atoms with E-state index in [0.29, 0.717) is 22.5 Å². The van der Waals surface area contributed by atoms with Crippen molar-refractivity contribution in [3.05, 3.63) is 93.5 Å². The molecule has 4 N–H and O–H groups in total. The number of carbonyl (C=O) groups is 3. The molecule has 0 fully saturated rings. The van der Waals surface area contributed by atoms with Crippen molar-refractivity contribution < 1.29 is 19.5 Å². The lowest BCUT2D eigenvalue weighted by Gasteiger charge is -2.16. The van der Waals surface area contributed by atoms with Crippen LogP contribution in [0.2, 0.25) is 10.0 Å². The molecule has 1 unspecified atom stereocenters. The molecule has 9 heteroatoms. The standard InChI is InChI=1S/C24H21Cl2N3O4/c1-27-19-8-3-2-5-16(19)22(30)29-20(24(32)33)13-14-9-11-15(12-10-14)28-23(31)21-17(25)6-4-7-18(21)26/h2-12,20,27H,13H2,1H3,(H,28,31)(H,29,30)(H,32,33). The third-order valence-corrected chi connectivity index (χ3v) is 5.52. The molecule has 0 heterocycles. The number of amides is 2. The molecule has 33 heavy (non-hydrogen) atoms. The van der Waals surface area contributed by atoms with Gasteiger partial charge in [-0.25, -0.2) is 4.79 Å². The molecule has 0 aliphatic heterocycles. The van der Waals surface area contributed by atoms with Gasteiger partial charge in [0.2, 0.25) is 0 Å². The first-order valence-corrected chi connectivity index (χ1v) is 10.7. The lowest BCUT2D eigenvalue weighted by Crippen LogP contribution is -2.42. The zero-order valence-corrected chi connectivity index (χ0v) is 19.1. The van der Waals surface area contributed by atoms with E-state index < -0.39 is 23.8 Å². The summed E-state index contributed by atoms with van der Waals surface area (Å²) in [6, 6.07) is 17.1. The molecule has 0 aromatic heterocycles. The van der Waals surface area contributed by atoms with Crippen LogP contribution in [0.15, 0.2) is 66.7 Å². The molecule has 0 bridgehead atoms. The van der Waals surface area contributed by atoms with Crippen LogP contribution in [0.4, 0.5) is 11.4 Å². The van der Waals surface area contributed by atoms with E-state index in [-0.39, 0.29) is 22.0 Å². The average molecular weight is 486 g/mol. The zero-order valence-electron chi connectivity index (χ0n) is 17.6. The summed E-state index contributed by atoms with van der Waals surface area (Å²) in [7, 11) is 1.68. The molecule has 0 aliphatic rings. The first kappa shape index (κ1) is 24.1. The van der Waals surface area contributed by atoms with Crippen LogP contribution in [-0.2, 0) is 11.2 Å². The molecule has 0 aliphatic carbocycles. The molecule has 0 saturated heterocycles. The van der Waals surface area contributed by atoms with Crippen LogP contribution in [0.3, 0.4) is 0 Å². The van der Waals surface area contributed by atoms with E-state index in [2.05, 4.69) is 16.0 Å². The van der Waals surface area contributed by atoms with E-state index in [1.165, 1.54) is 0 Å². The number of carbonyl (C=O) groups excluding carboxylic acids is 2. The smallest absolute Gasteiger partial charge is 0.326 e. The Kier molecular flexibility index (Phi) is 7.92. The fourth-order valence-electron chi connectivity index (χ4n) is 3.20. The first-order valence-electron chi connectivity index (χ1n) is 9.95. The van der Waals surface area contributed by atoms with Crippen LogP contribution in [-0.4, -0.2) is 36.0 Å². The number of carboxylic acids is 1. The minimum atomic E-state index is -1.16. The molecule has 170 valence electrons. The van der Waals surface area contributed by atoms with Crippen molar-refractivity contribution >= 4 is 52.4 Å². The largest absolute Gasteiger partial charge is 0.480 e. The second-order valence-corrected chi connectivity index (χ2v) is 7.93. The highest BCUT2D eigenvalue weighted by Gasteiger charge is 2.22. The molecule has 3 aromatic carbocycles. The maximum Gasteiger partial charge on any atom is 0.326 e. The summed E-state index contributed by atoms with van der Waals surface area (Å²) in [5.41, 5.74) is 2.26. The summed E-state index contributed by atoms with van der Waals surface area (Å²) < 4.78 is 0. The zero-order chi connectivity index (χ0) is 24.0. The second kappa shape index (κ2) is 10.8. The molecule has 0 spiro atoms. The van der Waals surface area contributed by atoms with Crippen molar-refractivity contribution in [2.45, 2.75) is 12.5 Å². The van der Waals surface area contributed by atoms with Crippen LogP contribution >= 0.6 is 23.2 Å². The fraction of sp³-hybridized carbons (Fsp3) is 0.125. The molecular weight excluding hydrogens is 465 g/mol. The third kappa shape index (κ3) is 6.03. The lowest BCUT2D eigenvalue weighted by atomic mass is 10.0. The maximum absolute atomic E-state index is 12.6. The van der Waals surface area contributed by atoms with Gasteiger partial charge in [0.05, 0.1) is 21.2 Å². The monoisotopic (exact) mass is 485 g/mol. The Bertz CT molecular complexity index is 1160. The molecule has 0 radical (unpaired) electrons. The van der Waals surface area contributed by atoms with Gasteiger partial charge in [-0.1, -0.05) is 53.5 Å². The van der Waals surface area contributed by atoms with Crippen LogP contribution < -0.4 is 16.0 Å². The van der Waals surface area contributed by atoms with Gasteiger partial charge in [0.1, 0.15) is 6.04 Å². The van der Waals surface area contributed by atoms with Crippen molar-refractivity contribution in [2.75, 3.05) is 17.7 Å². The van der Waals surface area contributed by atoms with E-state index in [4.69, 9.17) is 23.2 Å². The Morgan fingerprint density at radius 2 is 1.52 bits per heavy atom. The predicted octanol–water partition coefficient (Wildman–Crippen LogP) is 4.71. The molecule has 7 nitrogen and oxygen atoms in total. The Balaban J connectivity index is 1.68. The highest BCUT2D eigenvalue weighted by Crippen LogP contribution is 2.25. The van der Waals surface area contributed by atoms with E-state index in [9.17, 15) is 19.5 Å². The quantitative estimate of drug-likeness (QED) is 0.369. The lowest BCUT2D eigenvalue weighted by molar-refractivity contribution is -0.139. The van der Waals surface area contributed by atoms with Gasteiger partial charge in [-0.3, -0.25) is 9.59 Å². The van der Waals surface area contributed by atoms with Crippen molar-refractivity contribution in [1.82, 2.24) is 5.32 Å². The number of para-hydroxylation sites is 1. The van der Waals surface area contributed by atoms with E-state index in [1.54, 1.807) is 73.8 Å². The highest BCUT2D eigenvalue weighted by molar-refractivity contribution is 6.40. The van der Waals surface area contributed by atoms with Crippen LogP contribution in [0.1, 0.15) is 26.3 Å². The number of hydrogen-bond donors (Lipinski definition) is 4. The normalized spacial score (nSPS) is 11.4. The molecule has 2 amide bonds. The SMILES string of the molecule is CNc1ccccc1C(=O)NC(Cc1ccc(NC(=O)c2c(Cl)cccc2Cl)cc1)C(=O)O. The minimum absolute atomic E-state index is 0.0629. The van der Waals surface area contributed by atoms with E-state index in [1.807, 2.05) is 0 Å². The van der Waals surface area contributed by atoms with Crippen molar-refractivity contribution in [2.24, 2.45) is 0 Å². The topological polar surface area (TPSA) is 108 Å². The number of anilines is 2. The second-order valence-electron chi connectivity index (χ2n) is 7.11. The Morgan fingerprint density at radius 3 is 2.12 bits per heavy atom. The van der Waals surface area contributed by atoms with Crippen LogP contribution in [0.5, 0.6) is 0 Å². The first-order chi connectivity index (χ1) is 15.8. The average Bonchev–Trinajstić information content (AvgIpc) is 2.79. The molecular formula is C24H21Cl2N3O4. The van der Waals surface area contributed by atoms with Gasteiger partial charge >= 0.3 is 5.97 Å². The molecule has 3 aromatic rings. The Morgan fingerprint density at radius 1 is 0.879 bits per heavy atom. The van der Waals surface area contributed by atoms with Gasteiger partial charge in [-0.2, -0.15) is 0 Å². The summed E-state index contributed by atoms with van der Waals surface area (Å²) in [4.78, 5) is 36.9. The maximum atomic E-state index is 12.6. The van der Waals surface area contributed by atoms with Gasteiger partial charge in [0.25, 0.3) is 11.8 Å². The summed E-state index contributed by atoms with van der Waals surface area (Å²) in [6.45, 7) is 0. The summed E-state index contributed by atoms with van der Waals surface area (Å²) in [5.74, 6) is -2.11. The van der Waals surface area contributed by atoms with Gasteiger partial charge in [0.15, 0.2) is 0 Å².